The molecule has 2 heteroatoms. The van der Waals surface area contributed by atoms with E-state index in [0.717, 1.165) is 17.1 Å². The lowest BCUT2D eigenvalue weighted by molar-refractivity contribution is 1.28. The van der Waals surface area contributed by atoms with Crippen LogP contribution in [0.15, 0.2) is 273 Å². The third-order valence-corrected chi connectivity index (χ3v) is 16.8. The van der Waals surface area contributed by atoms with Crippen LogP contribution in [0.4, 0.5) is 17.1 Å². The maximum Gasteiger partial charge on any atom is 0.179 e. The molecular weight excluding hydrogens is 763 g/mol. The molecule has 1 nitrogen and oxygen atoms in total. The third-order valence-electron chi connectivity index (χ3n) is 12.0. The Morgan fingerprint density at radius 1 is 0.226 bits per heavy atom. The average molecular weight is 808 g/mol. The van der Waals surface area contributed by atoms with Crippen LogP contribution in [0, 0.1) is 0 Å². The van der Waals surface area contributed by atoms with Gasteiger partial charge in [0.05, 0.1) is 5.69 Å². The number of nitrogens with zero attached hydrogens (tertiary/aromatic N) is 1. The zero-order chi connectivity index (χ0) is 41.6. The first-order valence-corrected chi connectivity index (χ1v) is 23.3. The Bertz CT molecular complexity index is 2850. The summed E-state index contributed by atoms with van der Waals surface area (Å²) in [6.45, 7) is 0. The molecule has 0 atom stereocenters. The molecule has 10 rings (SSSR count). The molecule has 10 aromatic carbocycles. The topological polar surface area (TPSA) is 3.24 Å². The van der Waals surface area contributed by atoms with Crippen molar-refractivity contribution in [1.29, 1.82) is 0 Å². The van der Waals surface area contributed by atoms with Gasteiger partial charge < -0.3 is 4.90 Å². The molecule has 0 N–H and O–H groups in total. The van der Waals surface area contributed by atoms with Crippen molar-refractivity contribution in [1.82, 2.24) is 0 Å². The summed E-state index contributed by atoms with van der Waals surface area (Å²) in [6.07, 6.45) is 0. The molecule has 0 unspecified atom stereocenters. The van der Waals surface area contributed by atoms with Gasteiger partial charge >= 0.3 is 0 Å². The monoisotopic (exact) mass is 807 g/mol. The van der Waals surface area contributed by atoms with Crippen molar-refractivity contribution < 1.29 is 0 Å². The Morgan fingerprint density at radius 2 is 0.532 bits per heavy atom. The fraction of sp³-hybridized carbons (Fsp3) is 0. The van der Waals surface area contributed by atoms with Crippen LogP contribution in [0.3, 0.4) is 0 Å². The van der Waals surface area contributed by atoms with Gasteiger partial charge in [-0.05, 0) is 78.4 Å². The molecule has 0 aromatic heterocycles. The first kappa shape index (κ1) is 38.4. The van der Waals surface area contributed by atoms with E-state index < -0.39 is 8.07 Å². The predicted octanol–water partition coefficient (Wildman–Crippen LogP) is 13.2. The molecule has 0 amide bonds. The van der Waals surface area contributed by atoms with E-state index in [9.17, 15) is 0 Å². The van der Waals surface area contributed by atoms with Crippen molar-refractivity contribution >= 4 is 45.9 Å². The highest BCUT2D eigenvalue weighted by Gasteiger charge is 2.41. The van der Waals surface area contributed by atoms with Crippen LogP contribution in [0.25, 0.3) is 44.5 Å². The number of para-hydroxylation sites is 1. The van der Waals surface area contributed by atoms with E-state index in [0.29, 0.717) is 0 Å². The summed E-state index contributed by atoms with van der Waals surface area (Å²) < 4.78 is 0. The summed E-state index contributed by atoms with van der Waals surface area (Å²) in [5.41, 5.74) is 12.7. The van der Waals surface area contributed by atoms with Crippen LogP contribution in [0.2, 0.25) is 0 Å². The fourth-order valence-electron chi connectivity index (χ4n) is 9.13. The molecule has 62 heavy (non-hydrogen) atoms. The molecule has 0 spiro atoms. The van der Waals surface area contributed by atoms with Crippen LogP contribution < -0.4 is 25.6 Å². The second kappa shape index (κ2) is 17.4. The molecule has 10 aromatic rings. The lowest BCUT2D eigenvalue weighted by Crippen LogP contribution is -2.74. The molecule has 0 saturated heterocycles. The van der Waals surface area contributed by atoms with E-state index in [-0.39, 0.29) is 0 Å². The van der Waals surface area contributed by atoms with Crippen LogP contribution in [-0.2, 0) is 0 Å². The van der Waals surface area contributed by atoms with Crippen molar-refractivity contribution in [3.8, 4) is 44.5 Å². The molecule has 0 fully saturated rings. The molecule has 0 radical (unpaired) electrons. The van der Waals surface area contributed by atoms with Gasteiger partial charge in [-0.25, -0.2) is 0 Å². The molecule has 0 heterocycles. The van der Waals surface area contributed by atoms with E-state index >= 15 is 0 Å². The maximum atomic E-state index is 2.45. The number of rotatable bonds is 11. The largest absolute Gasteiger partial charge is 0.309 e. The first-order valence-electron chi connectivity index (χ1n) is 21.3. The molecule has 0 bridgehead atoms. The number of hydrogen-bond acceptors (Lipinski definition) is 1. The van der Waals surface area contributed by atoms with Crippen molar-refractivity contribution in [3.05, 3.63) is 273 Å². The smallest absolute Gasteiger partial charge is 0.179 e. The van der Waals surface area contributed by atoms with Crippen molar-refractivity contribution in [2.24, 2.45) is 0 Å². The normalized spacial score (nSPS) is 11.2. The van der Waals surface area contributed by atoms with Crippen molar-refractivity contribution in [2.75, 3.05) is 4.90 Å². The Labute approximate surface area is 366 Å². The Hall–Kier alpha value is -7.78. The summed E-state index contributed by atoms with van der Waals surface area (Å²) in [7, 11) is -2.70. The van der Waals surface area contributed by atoms with Gasteiger partial charge in [0.15, 0.2) is 8.07 Å². The molecule has 0 aliphatic rings. The summed E-state index contributed by atoms with van der Waals surface area (Å²) in [5.74, 6) is 0. The lowest BCUT2D eigenvalue weighted by Gasteiger charge is -2.34. The van der Waals surface area contributed by atoms with Crippen LogP contribution in [-0.4, -0.2) is 8.07 Å². The van der Waals surface area contributed by atoms with Gasteiger partial charge in [-0.2, -0.15) is 0 Å². The standard InChI is InChI=1S/C60H45NSi/c1-7-21-46(22-8-1)47-37-41-52(42-38-47)61(60-58(49-23-9-2-10-24-49)35-20-36-59(60)50-25-11-3-12-26-50)53-43-39-48(40-44-53)51-27-19-34-57(45-51)62(54-28-13-4-14-29-54,55-30-15-5-16-31-55)56-32-17-6-18-33-56/h1-45H. The van der Waals surface area contributed by atoms with Crippen LogP contribution in [0.5, 0.6) is 0 Å². The minimum absolute atomic E-state index is 1.08. The van der Waals surface area contributed by atoms with Gasteiger partial charge in [0.1, 0.15) is 0 Å². The molecule has 0 aliphatic heterocycles. The minimum Gasteiger partial charge on any atom is -0.309 e. The van der Waals surface area contributed by atoms with Crippen molar-refractivity contribution in [2.45, 2.75) is 0 Å². The number of benzene rings is 10. The zero-order valence-corrected chi connectivity index (χ0v) is 35.4. The molecule has 294 valence electrons. The highest BCUT2D eigenvalue weighted by molar-refractivity contribution is 7.19. The van der Waals surface area contributed by atoms with E-state index in [2.05, 4.69) is 278 Å². The zero-order valence-electron chi connectivity index (χ0n) is 34.4. The van der Waals surface area contributed by atoms with Gasteiger partial charge in [0.25, 0.3) is 0 Å². The van der Waals surface area contributed by atoms with E-state index in [4.69, 9.17) is 0 Å². The maximum absolute atomic E-state index is 2.70. The molecule has 0 saturated carbocycles. The Morgan fingerprint density at radius 3 is 0.952 bits per heavy atom. The summed E-state index contributed by atoms with van der Waals surface area (Å²) in [6, 6.07) is 99.8. The van der Waals surface area contributed by atoms with Crippen LogP contribution in [0.1, 0.15) is 0 Å². The van der Waals surface area contributed by atoms with E-state index in [1.165, 1.54) is 65.3 Å². The number of anilines is 3. The van der Waals surface area contributed by atoms with Crippen molar-refractivity contribution in [3.63, 3.8) is 0 Å². The number of hydrogen-bond donors (Lipinski definition) is 0. The lowest BCUT2D eigenvalue weighted by atomic mass is 9.94. The van der Waals surface area contributed by atoms with Gasteiger partial charge in [0.2, 0.25) is 0 Å². The van der Waals surface area contributed by atoms with E-state index in [1.54, 1.807) is 0 Å². The average Bonchev–Trinajstić information content (AvgIpc) is 3.37. The van der Waals surface area contributed by atoms with Gasteiger partial charge in [-0.3, -0.25) is 0 Å². The van der Waals surface area contributed by atoms with Gasteiger partial charge in [0, 0.05) is 22.5 Å². The fourth-order valence-corrected chi connectivity index (χ4v) is 13.9. The van der Waals surface area contributed by atoms with Crippen LogP contribution >= 0.6 is 0 Å². The van der Waals surface area contributed by atoms with Gasteiger partial charge in [-0.1, -0.05) is 249 Å². The SMILES string of the molecule is c1ccc(-c2ccc(N(c3ccc(-c4cccc([Si](c5ccccc5)(c5ccccc5)c5ccccc5)c4)cc3)c3c(-c4ccccc4)cccc3-c3ccccc3)cc2)cc1. The van der Waals surface area contributed by atoms with Gasteiger partial charge in [-0.15, -0.1) is 0 Å². The Balaban J connectivity index is 1.14. The quantitative estimate of drug-likeness (QED) is 0.0929. The molecule has 0 aliphatic carbocycles. The predicted molar refractivity (Wildman–Crippen MR) is 266 cm³/mol. The first-order chi connectivity index (χ1) is 30.8. The summed E-state index contributed by atoms with van der Waals surface area (Å²) >= 11 is 0. The summed E-state index contributed by atoms with van der Waals surface area (Å²) in [4.78, 5) is 2.44. The summed E-state index contributed by atoms with van der Waals surface area (Å²) in [5, 5.41) is 5.45. The second-order valence-corrected chi connectivity index (χ2v) is 19.5. The minimum atomic E-state index is -2.70. The highest BCUT2D eigenvalue weighted by atomic mass is 28.3. The van der Waals surface area contributed by atoms with E-state index in [1.807, 2.05) is 0 Å². The molecular formula is C60H45NSi. The highest BCUT2D eigenvalue weighted by Crippen LogP contribution is 2.47. The Kier molecular flexibility index (Phi) is 10.8. The second-order valence-electron chi connectivity index (χ2n) is 15.7. The third kappa shape index (κ3) is 7.38.